The van der Waals surface area contributed by atoms with Gasteiger partial charge in [0.05, 0.1) is 5.52 Å². The Morgan fingerprint density at radius 2 is 1.87 bits per heavy atom. The molecule has 0 bridgehead atoms. The average Bonchev–Trinajstić information content (AvgIpc) is 2.57. The smallest absolute Gasteiger partial charge is 0.0609 e. The number of aromatic amines is 1. The fourth-order valence-electron chi connectivity index (χ4n) is 2.04. The van der Waals surface area contributed by atoms with Gasteiger partial charge < -0.3 is 4.98 Å². The average molecular weight is 260 g/mol. The summed E-state index contributed by atoms with van der Waals surface area (Å²) in [7, 11) is 0. The summed E-state index contributed by atoms with van der Waals surface area (Å²) >= 11 is 3.59. The zero-order valence-electron chi connectivity index (χ0n) is 8.34. The fourth-order valence-corrected chi connectivity index (χ4v) is 2.72. The summed E-state index contributed by atoms with van der Waals surface area (Å²) in [6.07, 6.45) is 0. The summed E-state index contributed by atoms with van der Waals surface area (Å²) < 4.78 is 1.13. The van der Waals surface area contributed by atoms with Crippen molar-refractivity contribution < 1.29 is 0 Å². The second kappa shape index (κ2) is 3.11. The lowest BCUT2D eigenvalue weighted by molar-refractivity contribution is 1.46. The molecule has 1 heterocycles. The molecule has 0 aliphatic heterocycles. The molecule has 0 fully saturated rings. The number of para-hydroxylation sites is 1. The highest BCUT2D eigenvalue weighted by Gasteiger charge is 2.06. The minimum Gasteiger partial charge on any atom is -0.354 e. The van der Waals surface area contributed by atoms with Crippen LogP contribution < -0.4 is 0 Å². The fraction of sp³-hybridized carbons (Fsp3) is 0.0769. The van der Waals surface area contributed by atoms with Gasteiger partial charge in [-0.25, -0.2) is 0 Å². The number of aromatic nitrogens is 1. The summed E-state index contributed by atoms with van der Waals surface area (Å²) in [5.74, 6) is 0. The Morgan fingerprint density at radius 3 is 2.73 bits per heavy atom. The second-order valence-corrected chi connectivity index (χ2v) is 4.69. The van der Waals surface area contributed by atoms with Gasteiger partial charge in [-0.1, -0.05) is 18.2 Å². The second-order valence-electron chi connectivity index (χ2n) is 3.84. The van der Waals surface area contributed by atoms with E-state index in [0.29, 0.717) is 0 Å². The Balaban J connectivity index is 2.61. The highest BCUT2D eigenvalue weighted by Crippen LogP contribution is 2.31. The van der Waals surface area contributed by atoms with E-state index in [0.717, 1.165) is 4.47 Å². The van der Waals surface area contributed by atoms with Crippen LogP contribution in [0.3, 0.4) is 0 Å². The summed E-state index contributed by atoms with van der Waals surface area (Å²) in [5, 5.41) is 2.58. The number of aryl methyl sites for hydroxylation is 1. The molecule has 1 N–H and O–H groups in total. The molecule has 15 heavy (non-hydrogen) atoms. The van der Waals surface area contributed by atoms with Crippen LogP contribution in [0.15, 0.2) is 40.9 Å². The normalized spacial score (nSPS) is 11.3. The third kappa shape index (κ3) is 1.29. The molecule has 0 aliphatic rings. The molecule has 3 rings (SSSR count). The van der Waals surface area contributed by atoms with Crippen LogP contribution in [-0.2, 0) is 0 Å². The molecular formula is C13H10BrN. The maximum Gasteiger partial charge on any atom is 0.0609 e. The summed E-state index contributed by atoms with van der Waals surface area (Å²) in [4.78, 5) is 3.43. The predicted molar refractivity (Wildman–Crippen MR) is 68.2 cm³/mol. The highest BCUT2D eigenvalue weighted by molar-refractivity contribution is 9.10. The van der Waals surface area contributed by atoms with Gasteiger partial charge in [0.1, 0.15) is 0 Å². The first kappa shape index (κ1) is 8.98. The van der Waals surface area contributed by atoms with Gasteiger partial charge >= 0.3 is 0 Å². The van der Waals surface area contributed by atoms with Crippen LogP contribution in [0.2, 0.25) is 0 Å². The first-order chi connectivity index (χ1) is 7.25. The van der Waals surface area contributed by atoms with E-state index in [1.54, 1.807) is 0 Å². The zero-order chi connectivity index (χ0) is 10.4. The maximum atomic E-state index is 3.59. The molecule has 3 aromatic rings. The Hall–Kier alpha value is -1.28. The summed E-state index contributed by atoms with van der Waals surface area (Å²) in [6, 6.07) is 12.7. The minimum atomic E-state index is 1.13. The number of rotatable bonds is 0. The minimum absolute atomic E-state index is 1.13. The van der Waals surface area contributed by atoms with Crippen LogP contribution in [0.25, 0.3) is 21.8 Å². The van der Waals surface area contributed by atoms with Gasteiger partial charge in [-0.2, -0.15) is 0 Å². The van der Waals surface area contributed by atoms with Crippen LogP contribution in [0, 0.1) is 6.92 Å². The Bertz CT molecular complexity index is 652. The van der Waals surface area contributed by atoms with E-state index < -0.39 is 0 Å². The van der Waals surface area contributed by atoms with Crippen LogP contribution >= 0.6 is 15.9 Å². The molecule has 2 heteroatoms. The van der Waals surface area contributed by atoms with Crippen LogP contribution in [0.1, 0.15) is 5.56 Å². The van der Waals surface area contributed by atoms with Crippen molar-refractivity contribution in [3.05, 3.63) is 46.4 Å². The van der Waals surface area contributed by atoms with Crippen LogP contribution in [0.5, 0.6) is 0 Å². The van der Waals surface area contributed by atoms with E-state index in [1.807, 2.05) is 0 Å². The SMILES string of the molecule is Cc1cc(Br)c2[nH]c3ccccc3c2c1. The number of hydrogen-bond donors (Lipinski definition) is 1. The molecule has 1 aromatic heterocycles. The molecule has 0 radical (unpaired) electrons. The van der Waals surface area contributed by atoms with Gasteiger partial charge in [-0.3, -0.25) is 0 Å². The van der Waals surface area contributed by atoms with E-state index in [1.165, 1.54) is 27.4 Å². The van der Waals surface area contributed by atoms with E-state index in [-0.39, 0.29) is 0 Å². The largest absolute Gasteiger partial charge is 0.354 e. The molecule has 0 saturated carbocycles. The van der Waals surface area contributed by atoms with Gasteiger partial charge in [0.2, 0.25) is 0 Å². The van der Waals surface area contributed by atoms with Crippen molar-refractivity contribution in [2.24, 2.45) is 0 Å². The van der Waals surface area contributed by atoms with Crippen molar-refractivity contribution >= 4 is 37.7 Å². The van der Waals surface area contributed by atoms with Crippen LogP contribution in [0.4, 0.5) is 0 Å². The molecule has 0 amide bonds. The molecule has 0 unspecified atom stereocenters. The molecule has 0 aliphatic carbocycles. The number of H-pyrrole nitrogens is 1. The molecule has 0 spiro atoms. The van der Waals surface area contributed by atoms with Crippen molar-refractivity contribution in [2.45, 2.75) is 6.92 Å². The van der Waals surface area contributed by atoms with Gasteiger partial charge in [-0.15, -0.1) is 0 Å². The Kier molecular flexibility index (Phi) is 1.86. The molecule has 1 nitrogen and oxygen atoms in total. The molecule has 0 atom stereocenters. The quantitative estimate of drug-likeness (QED) is 0.617. The first-order valence-corrected chi connectivity index (χ1v) is 5.71. The molecule has 2 aromatic carbocycles. The zero-order valence-corrected chi connectivity index (χ0v) is 9.93. The lowest BCUT2D eigenvalue weighted by atomic mass is 10.1. The maximum absolute atomic E-state index is 3.59. The molecular weight excluding hydrogens is 250 g/mol. The van der Waals surface area contributed by atoms with Gasteiger partial charge in [0, 0.05) is 20.8 Å². The lowest BCUT2D eigenvalue weighted by Gasteiger charge is -1.97. The highest BCUT2D eigenvalue weighted by atomic mass is 79.9. The van der Waals surface area contributed by atoms with Crippen LogP contribution in [-0.4, -0.2) is 4.98 Å². The summed E-state index contributed by atoms with van der Waals surface area (Å²) in [5.41, 5.74) is 3.65. The standard InChI is InChI=1S/C13H10BrN/c1-8-6-10-9-4-2-3-5-12(9)15-13(10)11(14)7-8/h2-7,15H,1H3. The number of nitrogens with one attached hydrogen (secondary N) is 1. The lowest BCUT2D eigenvalue weighted by Crippen LogP contribution is -1.74. The third-order valence-corrected chi connectivity index (χ3v) is 3.34. The van der Waals surface area contributed by atoms with E-state index in [4.69, 9.17) is 0 Å². The predicted octanol–water partition coefficient (Wildman–Crippen LogP) is 4.39. The Labute approximate surface area is 96.2 Å². The van der Waals surface area contributed by atoms with E-state index in [2.05, 4.69) is 64.2 Å². The van der Waals surface area contributed by atoms with E-state index >= 15 is 0 Å². The van der Waals surface area contributed by atoms with Crippen molar-refractivity contribution in [1.29, 1.82) is 0 Å². The number of fused-ring (bicyclic) bond motifs is 3. The number of halogens is 1. The van der Waals surface area contributed by atoms with E-state index in [9.17, 15) is 0 Å². The number of benzene rings is 2. The van der Waals surface area contributed by atoms with Crippen molar-refractivity contribution in [1.82, 2.24) is 4.98 Å². The van der Waals surface area contributed by atoms with Gasteiger partial charge in [0.15, 0.2) is 0 Å². The van der Waals surface area contributed by atoms with Gasteiger partial charge in [-0.05, 0) is 46.6 Å². The summed E-state index contributed by atoms with van der Waals surface area (Å²) in [6.45, 7) is 2.12. The third-order valence-electron chi connectivity index (χ3n) is 2.71. The van der Waals surface area contributed by atoms with Crippen molar-refractivity contribution in [2.75, 3.05) is 0 Å². The van der Waals surface area contributed by atoms with Crippen molar-refractivity contribution in [3.63, 3.8) is 0 Å². The topological polar surface area (TPSA) is 15.8 Å². The first-order valence-electron chi connectivity index (χ1n) is 4.92. The molecule has 0 saturated heterocycles. The van der Waals surface area contributed by atoms with Crippen molar-refractivity contribution in [3.8, 4) is 0 Å². The van der Waals surface area contributed by atoms with Gasteiger partial charge in [0.25, 0.3) is 0 Å². The number of hydrogen-bond acceptors (Lipinski definition) is 0. The molecule has 74 valence electrons. The monoisotopic (exact) mass is 259 g/mol. The Morgan fingerprint density at radius 1 is 1.07 bits per heavy atom.